The molecule has 0 spiro atoms. The summed E-state index contributed by atoms with van der Waals surface area (Å²) in [6, 6.07) is 2.47. The highest BCUT2D eigenvalue weighted by atomic mass is 19.1. The van der Waals surface area contributed by atoms with Crippen molar-refractivity contribution in [2.75, 3.05) is 7.05 Å². The monoisotopic (exact) mass is 265 g/mol. The van der Waals surface area contributed by atoms with Crippen molar-refractivity contribution in [3.63, 3.8) is 0 Å². The number of hydrogen-bond donors (Lipinski definition) is 1. The predicted octanol–water partition coefficient (Wildman–Crippen LogP) is 4.42. The van der Waals surface area contributed by atoms with Gasteiger partial charge in [0.15, 0.2) is 0 Å². The van der Waals surface area contributed by atoms with Crippen molar-refractivity contribution in [1.82, 2.24) is 5.32 Å². The largest absolute Gasteiger partial charge is 0.310 e. The maximum absolute atomic E-state index is 14.0. The van der Waals surface area contributed by atoms with Crippen molar-refractivity contribution in [3.05, 3.63) is 46.5 Å². The molecule has 1 aliphatic carbocycles. The number of benzene rings is 1. The molecule has 0 amide bonds. The molecule has 1 unspecified atom stereocenters. The number of hydrogen-bond acceptors (Lipinski definition) is 1. The fourth-order valence-electron chi connectivity index (χ4n) is 2.74. The van der Waals surface area contributed by atoms with Gasteiger partial charge in [-0.2, -0.15) is 0 Å². The van der Waals surface area contributed by atoms with E-state index in [0.29, 0.717) is 11.1 Å². The molecule has 104 valence electrons. The number of nitrogens with one attached hydrogen (secondary N) is 1. The molecule has 0 heterocycles. The molecule has 0 aliphatic heterocycles. The zero-order chi connectivity index (χ0) is 13.8. The molecule has 0 saturated carbocycles. The van der Waals surface area contributed by atoms with Crippen molar-refractivity contribution in [2.45, 2.75) is 45.1 Å². The highest BCUT2D eigenvalue weighted by Gasteiger charge is 2.20. The predicted molar refractivity (Wildman–Crippen MR) is 74.1 cm³/mol. The first-order valence-corrected chi connectivity index (χ1v) is 6.95. The Kier molecular flexibility index (Phi) is 4.70. The molecular formula is C16H21F2N. The van der Waals surface area contributed by atoms with Gasteiger partial charge in [0.25, 0.3) is 0 Å². The molecule has 1 aromatic rings. The minimum absolute atomic E-state index is 0.141. The van der Waals surface area contributed by atoms with E-state index in [-0.39, 0.29) is 6.04 Å². The van der Waals surface area contributed by atoms with Gasteiger partial charge in [-0.05, 0) is 51.3 Å². The second-order valence-electron chi connectivity index (χ2n) is 5.22. The van der Waals surface area contributed by atoms with Crippen molar-refractivity contribution < 1.29 is 8.78 Å². The van der Waals surface area contributed by atoms with E-state index >= 15 is 0 Å². The summed E-state index contributed by atoms with van der Waals surface area (Å²) < 4.78 is 27.4. The van der Waals surface area contributed by atoms with Crippen LogP contribution in [-0.2, 0) is 0 Å². The molecule has 19 heavy (non-hydrogen) atoms. The Labute approximate surface area is 113 Å². The van der Waals surface area contributed by atoms with Gasteiger partial charge in [0, 0.05) is 11.6 Å². The van der Waals surface area contributed by atoms with Crippen LogP contribution in [0.15, 0.2) is 23.8 Å². The number of halogens is 2. The van der Waals surface area contributed by atoms with Crippen LogP contribution < -0.4 is 5.32 Å². The maximum atomic E-state index is 14.0. The van der Waals surface area contributed by atoms with Gasteiger partial charge in [-0.15, -0.1) is 0 Å². The van der Waals surface area contributed by atoms with E-state index in [4.69, 9.17) is 0 Å². The van der Waals surface area contributed by atoms with Gasteiger partial charge in [-0.25, -0.2) is 8.78 Å². The van der Waals surface area contributed by atoms with E-state index in [1.807, 2.05) is 7.05 Å². The van der Waals surface area contributed by atoms with E-state index in [1.54, 1.807) is 13.0 Å². The summed E-state index contributed by atoms with van der Waals surface area (Å²) in [4.78, 5) is 0. The quantitative estimate of drug-likeness (QED) is 0.797. The van der Waals surface area contributed by atoms with Crippen LogP contribution in [0.4, 0.5) is 8.78 Å². The van der Waals surface area contributed by atoms with Gasteiger partial charge in [0.05, 0.1) is 6.04 Å². The second kappa shape index (κ2) is 6.29. The van der Waals surface area contributed by atoms with Crippen LogP contribution in [0.5, 0.6) is 0 Å². The van der Waals surface area contributed by atoms with Crippen LogP contribution in [0, 0.1) is 18.6 Å². The van der Waals surface area contributed by atoms with E-state index in [2.05, 4.69) is 11.4 Å². The molecule has 1 atom stereocenters. The molecular weight excluding hydrogens is 244 g/mol. The van der Waals surface area contributed by atoms with E-state index in [9.17, 15) is 8.78 Å². The van der Waals surface area contributed by atoms with Gasteiger partial charge in [-0.3, -0.25) is 0 Å². The van der Waals surface area contributed by atoms with Gasteiger partial charge in [0.1, 0.15) is 11.6 Å². The molecule has 0 fully saturated rings. The average Bonchev–Trinajstić information content (AvgIpc) is 2.65. The highest BCUT2D eigenvalue weighted by Crippen LogP contribution is 2.31. The molecule has 3 heteroatoms. The lowest BCUT2D eigenvalue weighted by Crippen LogP contribution is -2.20. The number of aryl methyl sites for hydroxylation is 1. The standard InChI is InChI=1S/C16H21F2N/c1-11-9-13(15(18)10-14(11)17)16(19-2)12-7-5-3-4-6-8-12/h7,9-10,16,19H,3-6,8H2,1-2H3. The van der Waals surface area contributed by atoms with Crippen LogP contribution in [-0.4, -0.2) is 7.05 Å². The highest BCUT2D eigenvalue weighted by molar-refractivity contribution is 5.33. The zero-order valence-corrected chi connectivity index (χ0v) is 11.6. The lowest BCUT2D eigenvalue weighted by molar-refractivity contribution is 0.538. The maximum Gasteiger partial charge on any atom is 0.131 e. The average molecular weight is 265 g/mol. The summed E-state index contributed by atoms with van der Waals surface area (Å²) in [5.74, 6) is -0.946. The normalized spacial score (nSPS) is 17.8. The molecule has 0 aromatic heterocycles. The van der Waals surface area contributed by atoms with Crippen molar-refractivity contribution >= 4 is 0 Å². The molecule has 1 aliphatic rings. The molecule has 0 bridgehead atoms. The first kappa shape index (κ1) is 14.2. The molecule has 0 saturated heterocycles. The molecule has 1 aromatic carbocycles. The van der Waals surface area contributed by atoms with E-state index in [0.717, 1.165) is 25.3 Å². The third kappa shape index (κ3) is 3.21. The van der Waals surface area contributed by atoms with Gasteiger partial charge < -0.3 is 5.32 Å². The Balaban J connectivity index is 2.36. The Morgan fingerprint density at radius 1 is 1.11 bits per heavy atom. The van der Waals surface area contributed by atoms with Crippen LogP contribution in [0.1, 0.15) is 49.3 Å². The van der Waals surface area contributed by atoms with Crippen molar-refractivity contribution in [3.8, 4) is 0 Å². The summed E-state index contributed by atoms with van der Waals surface area (Å²) >= 11 is 0. The summed E-state index contributed by atoms with van der Waals surface area (Å²) in [6.45, 7) is 1.67. The molecule has 1 nitrogen and oxygen atoms in total. The minimum atomic E-state index is -0.481. The van der Waals surface area contributed by atoms with Crippen LogP contribution in [0.25, 0.3) is 0 Å². The van der Waals surface area contributed by atoms with Crippen molar-refractivity contribution in [1.29, 1.82) is 0 Å². The Morgan fingerprint density at radius 3 is 2.63 bits per heavy atom. The first-order valence-electron chi connectivity index (χ1n) is 6.95. The summed E-state index contributed by atoms with van der Waals surface area (Å²) in [6.07, 6.45) is 7.82. The second-order valence-corrected chi connectivity index (χ2v) is 5.22. The number of likely N-dealkylation sites (N-methyl/N-ethyl adjacent to an activating group) is 1. The Hall–Kier alpha value is -1.22. The SMILES string of the molecule is CNC(C1=CCCCCC1)c1cc(C)c(F)cc1F. The van der Waals surface area contributed by atoms with Gasteiger partial charge in [0.2, 0.25) is 0 Å². The topological polar surface area (TPSA) is 12.0 Å². The fourth-order valence-corrected chi connectivity index (χ4v) is 2.74. The van der Waals surface area contributed by atoms with E-state index < -0.39 is 11.6 Å². The van der Waals surface area contributed by atoms with E-state index in [1.165, 1.54) is 18.4 Å². The first-order chi connectivity index (χ1) is 9.13. The third-order valence-electron chi connectivity index (χ3n) is 3.82. The minimum Gasteiger partial charge on any atom is -0.310 e. The van der Waals surface area contributed by atoms with Gasteiger partial charge >= 0.3 is 0 Å². The molecule has 0 radical (unpaired) electrons. The Bertz CT molecular complexity index is 480. The summed E-state index contributed by atoms with van der Waals surface area (Å²) in [5.41, 5.74) is 2.27. The van der Waals surface area contributed by atoms with Crippen LogP contribution in [0.3, 0.4) is 0 Å². The molecule has 2 rings (SSSR count). The smallest absolute Gasteiger partial charge is 0.131 e. The van der Waals surface area contributed by atoms with Crippen LogP contribution >= 0.6 is 0 Å². The lowest BCUT2D eigenvalue weighted by Gasteiger charge is -2.21. The zero-order valence-electron chi connectivity index (χ0n) is 11.6. The number of allylic oxidation sites excluding steroid dienone is 1. The summed E-state index contributed by atoms with van der Waals surface area (Å²) in [5, 5.41) is 3.17. The van der Waals surface area contributed by atoms with Gasteiger partial charge in [-0.1, -0.05) is 18.1 Å². The molecule has 1 N–H and O–H groups in total. The van der Waals surface area contributed by atoms with Crippen LogP contribution in [0.2, 0.25) is 0 Å². The lowest BCUT2D eigenvalue weighted by atomic mass is 9.93. The number of rotatable bonds is 3. The third-order valence-corrected chi connectivity index (χ3v) is 3.82. The fraction of sp³-hybridized carbons (Fsp3) is 0.500. The summed E-state index contributed by atoms with van der Waals surface area (Å²) in [7, 11) is 1.83. The Morgan fingerprint density at radius 2 is 1.89 bits per heavy atom. The van der Waals surface area contributed by atoms with Crippen molar-refractivity contribution in [2.24, 2.45) is 0 Å².